The van der Waals surface area contributed by atoms with E-state index in [1.54, 1.807) is 14.2 Å². The zero-order valence-electron chi connectivity index (χ0n) is 12.4. The maximum absolute atomic E-state index is 5.83. The maximum Gasteiger partial charge on any atom is 0.175 e. The molecule has 4 nitrogen and oxygen atoms in total. The smallest absolute Gasteiger partial charge is 0.175 e. The maximum atomic E-state index is 5.83. The lowest BCUT2D eigenvalue weighted by atomic mass is 10.1. The Kier molecular flexibility index (Phi) is 7.95. The molecule has 0 bridgehead atoms. The van der Waals surface area contributed by atoms with Crippen LogP contribution in [0.2, 0.25) is 0 Å². The van der Waals surface area contributed by atoms with Crippen LogP contribution in [0.15, 0.2) is 16.6 Å². The molecular weight excluding hydrogens is 322 g/mol. The van der Waals surface area contributed by atoms with Gasteiger partial charge in [0.2, 0.25) is 0 Å². The molecule has 0 aromatic heterocycles. The molecule has 0 aliphatic rings. The molecule has 0 saturated carbocycles. The van der Waals surface area contributed by atoms with Crippen LogP contribution >= 0.6 is 15.9 Å². The van der Waals surface area contributed by atoms with Crippen molar-refractivity contribution in [2.24, 2.45) is 5.73 Å². The predicted molar refractivity (Wildman–Crippen MR) is 84.7 cm³/mol. The van der Waals surface area contributed by atoms with Gasteiger partial charge in [0.1, 0.15) is 0 Å². The van der Waals surface area contributed by atoms with Crippen LogP contribution in [0.1, 0.15) is 25.3 Å². The van der Waals surface area contributed by atoms with E-state index in [0.29, 0.717) is 6.61 Å². The molecule has 5 heteroatoms. The van der Waals surface area contributed by atoms with Gasteiger partial charge in [-0.2, -0.15) is 0 Å². The molecule has 0 aliphatic heterocycles. The zero-order chi connectivity index (χ0) is 15.0. The van der Waals surface area contributed by atoms with Crippen LogP contribution in [0.4, 0.5) is 0 Å². The Morgan fingerprint density at radius 2 is 1.90 bits per heavy atom. The van der Waals surface area contributed by atoms with Crippen molar-refractivity contribution in [3.63, 3.8) is 0 Å². The minimum Gasteiger partial charge on any atom is -0.493 e. The quantitative estimate of drug-likeness (QED) is 0.698. The van der Waals surface area contributed by atoms with Gasteiger partial charge in [0.15, 0.2) is 11.5 Å². The van der Waals surface area contributed by atoms with E-state index >= 15 is 0 Å². The van der Waals surface area contributed by atoms with Gasteiger partial charge >= 0.3 is 0 Å². The van der Waals surface area contributed by atoms with Crippen molar-refractivity contribution >= 4 is 15.9 Å². The minimum absolute atomic E-state index is 0.118. The third-order valence-electron chi connectivity index (χ3n) is 2.84. The molecule has 1 aromatic carbocycles. The highest BCUT2D eigenvalue weighted by atomic mass is 79.9. The second-order valence-corrected chi connectivity index (χ2v) is 5.69. The number of halogens is 1. The number of rotatable bonds is 9. The first-order chi connectivity index (χ1) is 9.58. The van der Waals surface area contributed by atoms with Crippen molar-refractivity contribution < 1.29 is 14.2 Å². The molecule has 0 heterocycles. The van der Waals surface area contributed by atoms with E-state index in [2.05, 4.69) is 15.9 Å². The largest absolute Gasteiger partial charge is 0.493 e. The summed E-state index contributed by atoms with van der Waals surface area (Å²) in [6.45, 7) is 3.39. The predicted octanol–water partition coefficient (Wildman–Crippen LogP) is 3.15. The SMILES string of the molecule is COCCCCOc1c(Br)cc(CC(C)N)cc1OC. The number of methoxy groups -OCH3 is 2. The Morgan fingerprint density at radius 1 is 1.20 bits per heavy atom. The zero-order valence-corrected chi connectivity index (χ0v) is 14.0. The summed E-state index contributed by atoms with van der Waals surface area (Å²) in [5, 5.41) is 0. The van der Waals surface area contributed by atoms with Crippen LogP contribution in [-0.4, -0.2) is 33.5 Å². The number of nitrogens with two attached hydrogens (primary N) is 1. The monoisotopic (exact) mass is 345 g/mol. The third kappa shape index (κ3) is 5.69. The van der Waals surface area contributed by atoms with Gasteiger partial charge in [-0.3, -0.25) is 0 Å². The van der Waals surface area contributed by atoms with E-state index in [1.807, 2.05) is 19.1 Å². The van der Waals surface area contributed by atoms with Gasteiger partial charge in [-0.1, -0.05) is 0 Å². The van der Waals surface area contributed by atoms with Gasteiger partial charge in [0.25, 0.3) is 0 Å². The Bertz CT molecular complexity index is 410. The van der Waals surface area contributed by atoms with Crippen LogP contribution in [0.25, 0.3) is 0 Å². The van der Waals surface area contributed by atoms with Gasteiger partial charge in [0, 0.05) is 19.8 Å². The van der Waals surface area contributed by atoms with Crippen molar-refractivity contribution in [1.29, 1.82) is 0 Å². The second-order valence-electron chi connectivity index (χ2n) is 4.84. The van der Waals surface area contributed by atoms with Crippen LogP contribution < -0.4 is 15.2 Å². The molecule has 0 radical (unpaired) electrons. The van der Waals surface area contributed by atoms with Crippen molar-refractivity contribution in [1.82, 2.24) is 0 Å². The fourth-order valence-electron chi connectivity index (χ4n) is 1.93. The average Bonchev–Trinajstić information content (AvgIpc) is 2.39. The second kappa shape index (κ2) is 9.21. The van der Waals surface area contributed by atoms with Crippen molar-refractivity contribution in [2.75, 3.05) is 27.4 Å². The van der Waals surface area contributed by atoms with Gasteiger partial charge in [-0.25, -0.2) is 0 Å². The van der Waals surface area contributed by atoms with Crippen LogP contribution in [-0.2, 0) is 11.2 Å². The van der Waals surface area contributed by atoms with E-state index in [4.69, 9.17) is 19.9 Å². The molecule has 2 N–H and O–H groups in total. The molecule has 1 aromatic rings. The van der Waals surface area contributed by atoms with Gasteiger partial charge in [0.05, 0.1) is 18.2 Å². The Morgan fingerprint density at radius 3 is 2.50 bits per heavy atom. The molecular formula is C15H24BrNO3. The number of ether oxygens (including phenoxy) is 3. The number of hydrogen-bond donors (Lipinski definition) is 1. The molecule has 0 saturated heterocycles. The lowest BCUT2D eigenvalue weighted by Crippen LogP contribution is -2.17. The summed E-state index contributed by atoms with van der Waals surface area (Å²) in [6.07, 6.45) is 2.74. The number of benzene rings is 1. The van der Waals surface area contributed by atoms with E-state index in [0.717, 1.165) is 47.4 Å². The van der Waals surface area contributed by atoms with Gasteiger partial charge in [-0.15, -0.1) is 0 Å². The van der Waals surface area contributed by atoms with Crippen LogP contribution in [0, 0.1) is 0 Å². The topological polar surface area (TPSA) is 53.7 Å². The molecule has 20 heavy (non-hydrogen) atoms. The minimum atomic E-state index is 0.118. The molecule has 1 atom stereocenters. The molecule has 0 fully saturated rings. The standard InChI is InChI=1S/C15H24BrNO3/c1-11(17)8-12-9-13(16)15(14(10-12)19-3)20-7-5-4-6-18-2/h9-11H,4-8,17H2,1-3H3. The molecule has 1 unspecified atom stereocenters. The first-order valence-electron chi connectivity index (χ1n) is 6.82. The Labute approximate surface area is 129 Å². The first-order valence-corrected chi connectivity index (χ1v) is 7.61. The highest BCUT2D eigenvalue weighted by Gasteiger charge is 2.12. The lowest BCUT2D eigenvalue weighted by Gasteiger charge is -2.15. The summed E-state index contributed by atoms with van der Waals surface area (Å²) in [7, 11) is 3.35. The summed E-state index contributed by atoms with van der Waals surface area (Å²) in [5.74, 6) is 1.49. The molecule has 0 amide bonds. The van der Waals surface area contributed by atoms with E-state index in [1.165, 1.54) is 0 Å². The van der Waals surface area contributed by atoms with Crippen molar-refractivity contribution in [3.05, 3.63) is 22.2 Å². The van der Waals surface area contributed by atoms with E-state index < -0.39 is 0 Å². The summed E-state index contributed by atoms with van der Waals surface area (Å²) in [5.41, 5.74) is 6.97. The molecule has 1 rings (SSSR count). The van der Waals surface area contributed by atoms with Gasteiger partial charge < -0.3 is 19.9 Å². The lowest BCUT2D eigenvalue weighted by molar-refractivity contribution is 0.183. The summed E-state index contributed by atoms with van der Waals surface area (Å²) >= 11 is 3.54. The van der Waals surface area contributed by atoms with Crippen LogP contribution in [0.3, 0.4) is 0 Å². The average molecular weight is 346 g/mol. The molecule has 114 valence electrons. The normalized spacial score (nSPS) is 12.2. The van der Waals surface area contributed by atoms with E-state index in [9.17, 15) is 0 Å². The Hall–Kier alpha value is -0.780. The fraction of sp³-hybridized carbons (Fsp3) is 0.600. The van der Waals surface area contributed by atoms with E-state index in [-0.39, 0.29) is 6.04 Å². The Balaban J connectivity index is 2.69. The molecule has 0 aliphatic carbocycles. The number of unbranched alkanes of at least 4 members (excludes halogenated alkanes) is 1. The highest BCUT2D eigenvalue weighted by Crippen LogP contribution is 2.37. The van der Waals surface area contributed by atoms with Crippen LogP contribution in [0.5, 0.6) is 11.5 Å². The fourth-order valence-corrected chi connectivity index (χ4v) is 2.53. The third-order valence-corrected chi connectivity index (χ3v) is 3.43. The van der Waals surface area contributed by atoms with Gasteiger partial charge in [-0.05, 0) is 59.8 Å². The van der Waals surface area contributed by atoms with Crippen molar-refractivity contribution in [2.45, 2.75) is 32.2 Å². The highest BCUT2D eigenvalue weighted by molar-refractivity contribution is 9.10. The summed E-state index contributed by atoms with van der Waals surface area (Å²) in [4.78, 5) is 0. The summed E-state index contributed by atoms with van der Waals surface area (Å²) < 4.78 is 17.1. The summed E-state index contributed by atoms with van der Waals surface area (Å²) in [6, 6.07) is 4.14. The van der Waals surface area contributed by atoms with Crippen molar-refractivity contribution in [3.8, 4) is 11.5 Å². The number of hydrogen-bond acceptors (Lipinski definition) is 4. The molecule has 0 spiro atoms. The first kappa shape index (κ1) is 17.3.